The molecule has 5 nitrogen and oxygen atoms in total. The van der Waals surface area contributed by atoms with Gasteiger partial charge in [0.25, 0.3) is 0 Å². The first kappa shape index (κ1) is 15.0. The number of hydrogen-bond donors (Lipinski definition) is 1. The first-order valence-electron chi connectivity index (χ1n) is 6.21. The van der Waals surface area contributed by atoms with E-state index in [0.29, 0.717) is 17.9 Å². The zero-order chi connectivity index (χ0) is 14.1. The lowest BCUT2D eigenvalue weighted by molar-refractivity contribution is -0.146. The Hall–Kier alpha value is -2.04. The molecule has 1 aromatic rings. The van der Waals surface area contributed by atoms with Crippen LogP contribution in [0.5, 0.6) is 5.75 Å². The SMILES string of the molecule is CCCCOC(=O)COc1ccc(CC(=O)O)cc1. The highest BCUT2D eigenvalue weighted by Crippen LogP contribution is 2.12. The molecule has 104 valence electrons. The van der Waals surface area contributed by atoms with Crippen molar-refractivity contribution in [3.8, 4) is 5.75 Å². The van der Waals surface area contributed by atoms with Gasteiger partial charge < -0.3 is 14.6 Å². The molecule has 0 aromatic heterocycles. The van der Waals surface area contributed by atoms with E-state index in [4.69, 9.17) is 14.6 Å². The minimum Gasteiger partial charge on any atom is -0.482 e. The molecule has 0 unspecified atom stereocenters. The molecule has 19 heavy (non-hydrogen) atoms. The van der Waals surface area contributed by atoms with Crippen molar-refractivity contribution in [2.45, 2.75) is 26.2 Å². The first-order chi connectivity index (χ1) is 9.11. The molecule has 0 amide bonds. The largest absolute Gasteiger partial charge is 0.482 e. The number of unbranched alkanes of at least 4 members (excludes halogenated alkanes) is 1. The van der Waals surface area contributed by atoms with Crippen LogP contribution in [0.2, 0.25) is 0 Å². The average Bonchev–Trinajstić information content (AvgIpc) is 2.37. The lowest BCUT2D eigenvalue weighted by Crippen LogP contribution is -2.15. The van der Waals surface area contributed by atoms with Gasteiger partial charge in [0.15, 0.2) is 6.61 Å². The van der Waals surface area contributed by atoms with E-state index in [9.17, 15) is 9.59 Å². The van der Waals surface area contributed by atoms with Gasteiger partial charge in [0.2, 0.25) is 0 Å². The molecule has 0 aliphatic rings. The molecule has 0 atom stereocenters. The van der Waals surface area contributed by atoms with Crippen LogP contribution >= 0.6 is 0 Å². The van der Waals surface area contributed by atoms with Crippen LogP contribution in [0.25, 0.3) is 0 Å². The maximum atomic E-state index is 11.3. The van der Waals surface area contributed by atoms with Crippen LogP contribution in [-0.2, 0) is 20.7 Å². The highest BCUT2D eigenvalue weighted by molar-refractivity contribution is 5.71. The minimum atomic E-state index is -0.881. The van der Waals surface area contributed by atoms with Crippen molar-refractivity contribution in [2.75, 3.05) is 13.2 Å². The van der Waals surface area contributed by atoms with Gasteiger partial charge in [0.05, 0.1) is 13.0 Å². The minimum absolute atomic E-state index is 0.0284. The number of esters is 1. The second-order valence-electron chi connectivity index (χ2n) is 4.08. The van der Waals surface area contributed by atoms with Gasteiger partial charge in [0.1, 0.15) is 5.75 Å². The van der Waals surface area contributed by atoms with Gasteiger partial charge in [-0.05, 0) is 24.1 Å². The Morgan fingerprint density at radius 1 is 1.21 bits per heavy atom. The Bertz CT molecular complexity index is 410. The van der Waals surface area contributed by atoms with Crippen molar-refractivity contribution in [2.24, 2.45) is 0 Å². The number of hydrogen-bond acceptors (Lipinski definition) is 4. The van der Waals surface area contributed by atoms with Crippen molar-refractivity contribution in [3.05, 3.63) is 29.8 Å². The summed E-state index contributed by atoms with van der Waals surface area (Å²) in [5.74, 6) is -0.766. The number of carboxylic acids is 1. The molecule has 0 bridgehead atoms. The fourth-order valence-corrected chi connectivity index (χ4v) is 1.39. The van der Waals surface area contributed by atoms with Gasteiger partial charge >= 0.3 is 11.9 Å². The van der Waals surface area contributed by atoms with Gasteiger partial charge in [-0.2, -0.15) is 0 Å². The van der Waals surface area contributed by atoms with Crippen LogP contribution in [0.15, 0.2) is 24.3 Å². The Morgan fingerprint density at radius 3 is 2.47 bits per heavy atom. The van der Waals surface area contributed by atoms with Crippen LogP contribution in [0.1, 0.15) is 25.3 Å². The second-order valence-corrected chi connectivity index (χ2v) is 4.08. The molecule has 1 N–H and O–H groups in total. The van der Waals surface area contributed by atoms with Crippen LogP contribution in [0.4, 0.5) is 0 Å². The summed E-state index contributed by atoms with van der Waals surface area (Å²) in [5.41, 5.74) is 0.686. The zero-order valence-corrected chi connectivity index (χ0v) is 10.9. The maximum Gasteiger partial charge on any atom is 0.344 e. The van der Waals surface area contributed by atoms with Gasteiger partial charge in [-0.3, -0.25) is 4.79 Å². The smallest absolute Gasteiger partial charge is 0.344 e. The van der Waals surface area contributed by atoms with Crippen molar-refractivity contribution in [3.63, 3.8) is 0 Å². The summed E-state index contributed by atoms with van der Waals surface area (Å²) in [5, 5.41) is 8.62. The number of rotatable bonds is 8. The van der Waals surface area contributed by atoms with Crippen LogP contribution in [-0.4, -0.2) is 30.3 Å². The number of carboxylic acid groups (broad SMARTS) is 1. The summed E-state index contributed by atoms with van der Waals surface area (Å²) < 4.78 is 10.2. The molecule has 0 radical (unpaired) electrons. The van der Waals surface area contributed by atoms with E-state index in [1.165, 1.54) is 0 Å². The molecule has 0 aliphatic carbocycles. The normalized spacial score (nSPS) is 9.95. The number of carbonyl (C=O) groups is 2. The molecule has 0 fully saturated rings. The summed E-state index contributed by atoms with van der Waals surface area (Å²) in [6.07, 6.45) is 1.79. The molecule has 5 heteroatoms. The average molecular weight is 266 g/mol. The van der Waals surface area contributed by atoms with Crippen molar-refractivity contribution in [1.82, 2.24) is 0 Å². The van der Waals surface area contributed by atoms with Crippen LogP contribution < -0.4 is 4.74 Å². The topological polar surface area (TPSA) is 72.8 Å². The number of aliphatic carboxylic acids is 1. The molecule has 1 rings (SSSR count). The zero-order valence-electron chi connectivity index (χ0n) is 10.9. The van der Waals surface area contributed by atoms with E-state index >= 15 is 0 Å². The highest BCUT2D eigenvalue weighted by Gasteiger charge is 2.05. The molecular formula is C14H18O5. The van der Waals surface area contributed by atoms with E-state index < -0.39 is 11.9 Å². The lowest BCUT2D eigenvalue weighted by atomic mass is 10.1. The highest BCUT2D eigenvalue weighted by atomic mass is 16.6. The third-order valence-electron chi connectivity index (χ3n) is 2.40. The van der Waals surface area contributed by atoms with Crippen LogP contribution in [0.3, 0.4) is 0 Å². The molecule has 1 aromatic carbocycles. The Labute approximate surface area is 112 Å². The summed E-state index contributed by atoms with van der Waals surface area (Å²) in [6.45, 7) is 2.29. The molecular weight excluding hydrogens is 248 g/mol. The molecule has 0 spiro atoms. The monoisotopic (exact) mass is 266 g/mol. The summed E-state index contributed by atoms with van der Waals surface area (Å²) in [7, 11) is 0. The fraction of sp³-hybridized carbons (Fsp3) is 0.429. The molecule has 0 saturated heterocycles. The quantitative estimate of drug-likeness (QED) is 0.575. The predicted molar refractivity (Wildman–Crippen MR) is 69.1 cm³/mol. The van der Waals surface area contributed by atoms with E-state index in [2.05, 4.69) is 0 Å². The third-order valence-corrected chi connectivity index (χ3v) is 2.40. The van der Waals surface area contributed by atoms with Crippen molar-refractivity contribution < 1.29 is 24.2 Å². The van der Waals surface area contributed by atoms with Crippen molar-refractivity contribution in [1.29, 1.82) is 0 Å². The molecule has 0 heterocycles. The van der Waals surface area contributed by atoms with E-state index in [1.807, 2.05) is 6.92 Å². The van der Waals surface area contributed by atoms with Gasteiger partial charge in [0, 0.05) is 0 Å². The van der Waals surface area contributed by atoms with Crippen LogP contribution in [0, 0.1) is 0 Å². The Balaban J connectivity index is 2.33. The number of ether oxygens (including phenoxy) is 2. The van der Waals surface area contributed by atoms with Gasteiger partial charge in [-0.25, -0.2) is 4.79 Å². The second kappa shape index (κ2) is 8.13. The number of benzene rings is 1. The maximum absolute atomic E-state index is 11.3. The van der Waals surface area contributed by atoms with Gasteiger partial charge in [-0.1, -0.05) is 25.5 Å². The summed E-state index contributed by atoms with van der Waals surface area (Å²) in [4.78, 5) is 21.8. The third kappa shape index (κ3) is 6.45. The van der Waals surface area contributed by atoms with E-state index in [-0.39, 0.29) is 13.0 Å². The first-order valence-corrected chi connectivity index (χ1v) is 6.21. The standard InChI is InChI=1S/C14H18O5/c1-2-3-8-18-14(17)10-19-12-6-4-11(5-7-12)9-13(15)16/h4-7H,2-3,8-10H2,1H3,(H,15,16). The lowest BCUT2D eigenvalue weighted by Gasteiger charge is -2.07. The summed E-state index contributed by atoms with van der Waals surface area (Å²) in [6, 6.07) is 6.59. The Kier molecular flexibility index (Phi) is 6.43. The predicted octanol–water partition coefficient (Wildman–Crippen LogP) is 2.04. The van der Waals surface area contributed by atoms with E-state index in [0.717, 1.165) is 12.8 Å². The molecule has 0 saturated carbocycles. The van der Waals surface area contributed by atoms with Crippen molar-refractivity contribution >= 4 is 11.9 Å². The summed E-state index contributed by atoms with van der Waals surface area (Å²) >= 11 is 0. The fourth-order valence-electron chi connectivity index (χ4n) is 1.39. The molecule has 0 aliphatic heterocycles. The van der Waals surface area contributed by atoms with Gasteiger partial charge in [-0.15, -0.1) is 0 Å². The Morgan fingerprint density at radius 2 is 1.89 bits per heavy atom. The van der Waals surface area contributed by atoms with E-state index in [1.54, 1.807) is 24.3 Å². The number of carbonyl (C=O) groups excluding carboxylic acids is 1.